The second-order valence-electron chi connectivity index (χ2n) is 6.69. The van der Waals surface area contributed by atoms with Gasteiger partial charge in [-0.15, -0.1) is 0 Å². The van der Waals surface area contributed by atoms with Gasteiger partial charge in [0.15, 0.2) is 0 Å². The van der Waals surface area contributed by atoms with Crippen LogP contribution in [-0.2, 0) is 0 Å². The number of para-hydroxylation sites is 2. The Morgan fingerprint density at radius 2 is 1.59 bits per heavy atom. The van der Waals surface area contributed by atoms with Crippen molar-refractivity contribution in [3.05, 3.63) is 94.3 Å². The lowest BCUT2D eigenvalue weighted by molar-refractivity contribution is 0.416. The number of benzene rings is 3. The van der Waals surface area contributed by atoms with E-state index in [9.17, 15) is 9.90 Å². The molecule has 0 fully saturated rings. The van der Waals surface area contributed by atoms with E-state index in [1.807, 2.05) is 61.5 Å². The molecular formula is C24H20N2O3. The normalized spacial score (nSPS) is 11.2. The number of aromatic hydroxyl groups is 1. The van der Waals surface area contributed by atoms with E-state index >= 15 is 0 Å². The molecule has 5 nitrogen and oxygen atoms in total. The SMILES string of the molecule is COc1ccccc1N=Cc1c(O)n(-c2ccc(C)cc2)c(=O)c2ccccc12. The molecule has 0 amide bonds. The van der Waals surface area contributed by atoms with Gasteiger partial charge in [0.05, 0.1) is 18.4 Å². The maximum atomic E-state index is 13.1. The molecule has 1 aromatic heterocycles. The molecular weight excluding hydrogens is 364 g/mol. The molecule has 0 radical (unpaired) electrons. The lowest BCUT2D eigenvalue weighted by Gasteiger charge is -2.14. The summed E-state index contributed by atoms with van der Waals surface area (Å²) in [6.45, 7) is 1.97. The first kappa shape index (κ1) is 18.5. The van der Waals surface area contributed by atoms with Crippen molar-refractivity contribution in [2.45, 2.75) is 6.92 Å². The summed E-state index contributed by atoms with van der Waals surface area (Å²) in [7, 11) is 1.58. The van der Waals surface area contributed by atoms with Gasteiger partial charge < -0.3 is 9.84 Å². The summed E-state index contributed by atoms with van der Waals surface area (Å²) in [5.74, 6) is 0.468. The Morgan fingerprint density at radius 1 is 0.931 bits per heavy atom. The molecule has 3 aromatic carbocycles. The van der Waals surface area contributed by atoms with Gasteiger partial charge in [0, 0.05) is 17.0 Å². The van der Waals surface area contributed by atoms with E-state index in [1.165, 1.54) is 4.57 Å². The lowest BCUT2D eigenvalue weighted by Crippen LogP contribution is -2.20. The maximum Gasteiger partial charge on any atom is 0.265 e. The summed E-state index contributed by atoms with van der Waals surface area (Å²) in [6, 6.07) is 22.0. The molecule has 1 N–H and O–H groups in total. The molecule has 0 saturated heterocycles. The number of hydrogen-bond donors (Lipinski definition) is 1. The van der Waals surface area contributed by atoms with Gasteiger partial charge in [-0.2, -0.15) is 0 Å². The van der Waals surface area contributed by atoms with Crippen LogP contribution < -0.4 is 10.3 Å². The monoisotopic (exact) mass is 384 g/mol. The van der Waals surface area contributed by atoms with E-state index in [1.54, 1.807) is 31.5 Å². The van der Waals surface area contributed by atoms with Gasteiger partial charge in [-0.1, -0.05) is 48.0 Å². The van der Waals surface area contributed by atoms with Gasteiger partial charge in [0.2, 0.25) is 5.88 Å². The van der Waals surface area contributed by atoms with Crippen molar-refractivity contribution in [3.8, 4) is 17.3 Å². The smallest absolute Gasteiger partial charge is 0.265 e. The van der Waals surface area contributed by atoms with Crippen molar-refractivity contribution < 1.29 is 9.84 Å². The van der Waals surface area contributed by atoms with Crippen LogP contribution in [0.3, 0.4) is 0 Å². The van der Waals surface area contributed by atoms with Crippen molar-refractivity contribution in [1.82, 2.24) is 4.57 Å². The van der Waals surface area contributed by atoms with Crippen molar-refractivity contribution in [3.63, 3.8) is 0 Å². The fourth-order valence-corrected chi connectivity index (χ4v) is 3.29. The highest BCUT2D eigenvalue weighted by molar-refractivity contribution is 6.02. The lowest BCUT2D eigenvalue weighted by atomic mass is 10.1. The van der Waals surface area contributed by atoms with Gasteiger partial charge in [-0.05, 0) is 37.3 Å². The first-order valence-corrected chi connectivity index (χ1v) is 9.21. The third-order valence-electron chi connectivity index (χ3n) is 4.81. The van der Waals surface area contributed by atoms with Crippen LogP contribution in [0.1, 0.15) is 11.1 Å². The Labute approximate surface area is 168 Å². The Kier molecular flexibility index (Phi) is 4.87. The van der Waals surface area contributed by atoms with Crippen LogP contribution in [0.2, 0.25) is 0 Å². The fourth-order valence-electron chi connectivity index (χ4n) is 3.29. The first-order valence-electron chi connectivity index (χ1n) is 9.21. The summed E-state index contributed by atoms with van der Waals surface area (Å²) in [4.78, 5) is 17.6. The Bertz CT molecular complexity index is 1270. The van der Waals surface area contributed by atoms with Gasteiger partial charge in [-0.25, -0.2) is 4.57 Å². The highest BCUT2D eigenvalue weighted by Gasteiger charge is 2.16. The largest absolute Gasteiger partial charge is 0.494 e. The minimum Gasteiger partial charge on any atom is -0.494 e. The van der Waals surface area contributed by atoms with E-state index in [-0.39, 0.29) is 11.4 Å². The minimum absolute atomic E-state index is 0.156. The van der Waals surface area contributed by atoms with Gasteiger partial charge in [0.25, 0.3) is 5.56 Å². The van der Waals surface area contributed by atoms with E-state index in [2.05, 4.69) is 4.99 Å². The number of aromatic nitrogens is 1. The molecule has 0 unspecified atom stereocenters. The molecule has 0 saturated carbocycles. The number of hydrogen-bond acceptors (Lipinski definition) is 4. The molecule has 5 heteroatoms. The highest BCUT2D eigenvalue weighted by Crippen LogP contribution is 2.29. The Morgan fingerprint density at radius 3 is 2.31 bits per heavy atom. The molecule has 1 heterocycles. The van der Waals surface area contributed by atoms with Crippen molar-refractivity contribution in [2.24, 2.45) is 4.99 Å². The molecule has 0 aliphatic rings. The number of nitrogens with zero attached hydrogens (tertiary/aromatic N) is 2. The maximum absolute atomic E-state index is 13.1. The van der Waals surface area contributed by atoms with E-state index in [4.69, 9.17) is 4.74 Å². The van der Waals surface area contributed by atoms with Crippen LogP contribution in [0.15, 0.2) is 82.6 Å². The number of aliphatic imine (C=N–C) groups is 1. The number of fused-ring (bicyclic) bond motifs is 1. The van der Waals surface area contributed by atoms with Crippen LogP contribution in [0.25, 0.3) is 16.5 Å². The zero-order valence-electron chi connectivity index (χ0n) is 16.2. The van der Waals surface area contributed by atoms with Crippen LogP contribution in [-0.4, -0.2) is 23.0 Å². The number of methoxy groups -OCH3 is 1. The molecule has 0 atom stereocenters. The zero-order valence-corrected chi connectivity index (χ0v) is 16.2. The molecule has 0 bridgehead atoms. The average molecular weight is 384 g/mol. The molecule has 4 rings (SSSR count). The van der Waals surface area contributed by atoms with Gasteiger partial charge >= 0.3 is 0 Å². The second-order valence-corrected chi connectivity index (χ2v) is 6.69. The number of rotatable bonds is 4. The summed E-state index contributed by atoms with van der Waals surface area (Å²) < 4.78 is 6.65. The molecule has 29 heavy (non-hydrogen) atoms. The summed E-state index contributed by atoms with van der Waals surface area (Å²) in [6.07, 6.45) is 1.57. The first-order chi connectivity index (χ1) is 14.1. The summed E-state index contributed by atoms with van der Waals surface area (Å²) >= 11 is 0. The van der Waals surface area contributed by atoms with Crippen LogP contribution in [0.5, 0.6) is 11.6 Å². The van der Waals surface area contributed by atoms with Crippen molar-refractivity contribution >= 4 is 22.7 Å². The predicted octanol–water partition coefficient (Wildman–Crippen LogP) is 4.76. The number of pyridine rings is 1. The van der Waals surface area contributed by atoms with Gasteiger partial charge in [-0.3, -0.25) is 9.79 Å². The van der Waals surface area contributed by atoms with Gasteiger partial charge in [0.1, 0.15) is 11.4 Å². The second kappa shape index (κ2) is 7.64. The topological polar surface area (TPSA) is 63.8 Å². The van der Waals surface area contributed by atoms with E-state index in [0.717, 1.165) is 5.56 Å². The fraction of sp³-hybridized carbons (Fsp3) is 0.0833. The zero-order chi connectivity index (χ0) is 20.4. The van der Waals surface area contributed by atoms with E-state index in [0.29, 0.717) is 33.5 Å². The predicted molar refractivity (Wildman–Crippen MR) is 116 cm³/mol. The summed E-state index contributed by atoms with van der Waals surface area (Å²) in [5.41, 5.74) is 2.48. The number of ether oxygens (including phenoxy) is 1. The highest BCUT2D eigenvalue weighted by atomic mass is 16.5. The molecule has 0 spiro atoms. The van der Waals surface area contributed by atoms with Crippen LogP contribution in [0, 0.1) is 6.92 Å². The molecule has 0 aliphatic carbocycles. The van der Waals surface area contributed by atoms with Crippen LogP contribution >= 0.6 is 0 Å². The molecule has 0 aliphatic heterocycles. The van der Waals surface area contributed by atoms with Crippen LogP contribution in [0.4, 0.5) is 5.69 Å². The molecule has 4 aromatic rings. The van der Waals surface area contributed by atoms with E-state index < -0.39 is 0 Å². The third kappa shape index (κ3) is 3.38. The summed E-state index contributed by atoms with van der Waals surface area (Å²) in [5, 5.41) is 12.2. The average Bonchev–Trinajstić information content (AvgIpc) is 2.75. The Hall–Kier alpha value is -3.86. The minimum atomic E-state index is -0.281. The third-order valence-corrected chi connectivity index (χ3v) is 4.81. The van der Waals surface area contributed by atoms with Crippen molar-refractivity contribution in [2.75, 3.05) is 7.11 Å². The standard InChI is InChI=1S/C24H20N2O3/c1-16-11-13-17(14-12-16)26-23(27)19-8-4-3-7-18(19)20(24(26)28)15-25-21-9-5-6-10-22(21)29-2/h3-15,28H,1-2H3. The molecule has 144 valence electrons. The van der Waals surface area contributed by atoms with Crippen molar-refractivity contribution in [1.29, 1.82) is 0 Å². The quantitative estimate of drug-likeness (QED) is 0.516. The number of aryl methyl sites for hydroxylation is 1. The Balaban J connectivity index is 1.97.